The van der Waals surface area contributed by atoms with Gasteiger partial charge in [0, 0.05) is 5.39 Å². The highest BCUT2D eigenvalue weighted by Crippen LogP contribution is 2.31. The predicted molar refractivity (Wildman–Crippen MR) is 140 cm³/mol. The van der Waals surface area contributed by atoms with Crippen molar-refractivity contribution in [1.29, 1.82) is 0 Å². The Hall–Kier alpha value is -3.22. The molecule has 2 saturated heterocycles. The van der Waals surface area contributed by atoms with Crippen LogP contribution in [0.1, 0.15) is 55.8 Å². The number of hydrogen-bond donors (Lipinski definition) is 4. The van der Waals surface area contributed by atoms with Gasteiger partial charge in [0.15, 0.2) is 22.1 Å². The largest absolute Gasteiger partial charge is 0.304 e. The van der Waals surface area contributed by atoms with Crippen LogP contribution >= 0.6 is 0 Å². The summed E-state index contributed by atoms with van der Waals surface area (Å²) in [7, 11) is 4.36. The van der Waals surface area contributed by atoms with Crippen LogP contribution in [0.15, 0.2) is 48.5 Å². The van der Waals surface area contributed by atoms with Crippen LogP contribution in [0.4, 0.5) is 0 Å². The Morgan fingerprint density at radius 2 is 1.37 bits per heavy atom. The van der Waals surface area contributed by atoms with Crippen LogP contribution in [0.2, 0.25) is 0 Å². The maximum atomic E-state index is 3.76. The number of aromatic amines is 2. The van der Waals surface area contributed by atoms with Gasteiger partial charge in [-0.1, -0.05) is 6.07 Å². The van der Waals surface area contributed by atoms with Crippen molar-refractivity contribution in [1.82, 2.24) is 20.6 Å². The van der Waals surface area contributed by atoms with Crippen LogP contribution in [0.5, 0.6) is 0 Å². The summed E-state index contributed by atoms with van der Waals surface area (Å²) in [6.45, 7) is 2.21. The van der Waals surface area contributed by atoms with E-state index in [1.54, 1.807) is 0 Å². The fourth-order valence-corrected chi connectivity index (χ4v) is 6.36. The lowest BCUT2D eigenvalue weighted by atomic mass is 10.00. The van der Waals surface area contributed by atoms with Crippen molar-refractivity contribution in [2.45, 2.75) is 44.2 Å². The Kier molecular flexibility index (Phi) is 4.93. The second-order valence-electron chi connectivity index (χ2n) is 10.4. The molecule has 2 aliphatic heterocycles. The molecule has 7 rings (SSSR count). The van der Waals surface area contributed by atoms with Gasteiger partial charge in [-0.3, -0.25) is 0 Å². The molecular weight excluding hydrogens is 432 g/mol. The summed E-state index contributed by atoms with van der Waals surface area (Å²) in [6.07, 6.45) is 6.20. The number of hydrogen-bond acceptors (Lipinski definition) is 2. The Morgan fingerprint density at radius 1 is 0.686 bits per heavy atom. The van der Waals surface area contributed by atoms with E-state index >= 15 is 0 Å². The molecule has 0 aliphatic carbocycles. The second-order valence-corrected chi connectivity index (χ2v) is 10.4. The van der Waals surface area contributed by atoms with E-state index in [1.807, 2.05) is 0 Å². The number of H-pyrrole nitrogens is 2. The fraction of sp³-hybridized carbons (Fsp3) is 0.379. The lowest BCUT2D eigenvalue weighted by Crippen LogP contribution is -2.39. The first-order chi connectivity index (χ1) is 17.2. The monoisotopic (exact) mass is 466 g/mol. The highest BCUT2D eigenvalue weighted by atomic mass is 15.1. The molecule has 2 aliphatic rings. The number of fused-ring (bicyclic) bond motifs is 4. The number of nitrogens with zero attached hydrogens (tertiary/aromatic N) is 2. The number of aryl methyl sites for hydroxylation is 2. The minimum absolute atomic E-state index is 0.416. The molecule has 6 heteroatoms. The number of nitrogens with one attached hydrogen (secondary N) is 4. The van der Waals surface area contributed by atoms with Crippen LogP contribution in [-0.2, 0) is 14.1 Å². The highest BCUT2D eigenvalue weighted by molar-refractivity contribution is 6.04. The molecule has 4 heterocycles. The van der Waals surface area contributed by atoms with Crippen LogP contribution in [0.3, 0.4) is 0 Å². The van der Waals surface area contributed by atoms with Crippen molar-refractivity contribution in [3.05, 3.63) is 60.2 Å². The third-order valence-corrected chi connectivity index (χ3v) is 8.32. The Labute approximate surface area is 205 Å². The van der Waals surface area contributed by atoms with Crippen LogP contribution < -0.4 is 19.8 Å². The molecule has 3 aromatic carbocycles. The Morgan fingerprint density at radius 3 is 2.17 bits per heavy atom. The average molecular weight is 467 g/mol. The van der Waals surface area contributed by atoms with Gasteiger partial charge in [-0.25, -0.2) is 19.1 Å². The lowest BCUT2D eigenvalue weighted by Gasteiger charge is -2.19. The molecule has 4 N–H and O–H groups in total. The van der Waals surface area contributed by atoms with Gasteiger partial charge >= 0.3 is 0 Å². The minimum atomic E-state index is 0.416. The molecule has 5 aromatic rings. The van der Waals surface area contributed by atoms with E-state index in [1.165, 1.54) is 87.7 Å². The van der Waals surface area contributed by atoms with E-state index in [4.69, 9.17) is 0 Å². The van der Waals surface area contributed by atoms with Gasteiger partial charge in [-0.2, -0.15) is 0 Å². The molecule has 0 bridgehead atoms. The van der Waals surface area contributed by atoms with Crippen molar-refractivity contribution >= 4 is 32.8 Å². The van der Waals surface area contributed by atoms with Crippen molar-refractivity contribution in [2.75, 3.05) is 13.1 Å². The van der Waals surface area contributed by atoms with E-state index in [-0.39, 0.29) is 0 Å². The van der Waals surface area contributed by atoms with E-state index in [0.29, 0.717) is 12.1 Å². The van der Waals surface area contributed by atoms with Crippen molar-refractivity contribution in [3.63, 3.8) is 0 Å². The average Bonchev–Trinajstić information content (AvgIpc) is 3.62. The Balaban J connectivity index is 1.28. The zero-order valence-electron chi connectivity index (χ0n) is 20.6. The van der Waals surface area contributed by atoms with Gasteiger partial charge in [-0.05, 0) is 104 Å². The molecule has 0 spiro atoms. The molecule has 2 fully saturated rings. The first kappa shape index (κ1) is 21.1. The first-order valence-electron chi connectivity index (χ1n) is 13.1. The molecule has 2 unspecified atom stereocenters. The molecule has 0 radical (unpaired) electrons. The van der Waals surface area contributed by atoms with Gasteiger partial charge in [0.2, 0.25) is 0 Å². The molecule has 178 valence electrons. The van der Waals surface area contributed by atoms with Crippen molar-refractivity contribution < 1.29 is 9.13 Å². The van der Waals surface area contributed by atoms with Crippen molar-refractivity contribution in [3.8, 4) is 11.1 Å². The summed E-state index contributed by atoms with van der Waals surface area (Å²) in [5, 5.41) is 9.87. The number of piperidine rings is 1. The summed E-state index contributed by atoms with van der Waals surface area (Å²) >= 11 is 0. The molecular formula is C29H34N6+2. The number of imidazole rings is 2. The predicted octanol–water partition coefficient (Wildman–Crippen LogP) is 4.36. The lowest BCUT2D eigenvalue weighted by molar-refractivity contribution is -0.654. The fourth-order valence-electron chi connectivity index (χ4n) is 6.36. The van der Waals surface area contributed by atoms with Crippen LogP contribution in [0.25, 0.3) is 44.0 Å². The van der Waals surface area contributed by atoms with Crippen LogP contribution in [0, 0.1) is 0 Å². The maximum absolute atomic E-state index is 3.76. The second kappa shape index (κ2) is 8.18. The van der Waals surface area contributed by atoms with Crippen molar-refractivity contribution in [2.24, 2.45) is 14.1 Å². The SMILES string of the molecule is C[n+]1c(C2CCCCN2)[nH]c2cc(-c3ccc4c(ccc5c4[nH]c(C4CCCN4)[n+]5C)c3)ccc21. The van der Waals surface area contributed by atoms with Gasteiger partial charge in [0.1, 0.15) is 12.1 Å². The summed E-state index contributed by atoms with van der Waals surface area (Å²) in [5.74, 6) is 2.56. The van der Waals surface area contributed by atoms with E-state index < -0.39 is 0 Å². The van der Waals surface area contributed by atoms with Crippen LogP contribution in [-0.4, -0.2) is 23.1 Å². The Bertz CT molecular complexity index is 1560. The smallest absolute Gasteiger partial charge is 0.272 e. The quantitative estimate of drug-likeness (QED) is 0.299. The van der Waals surface area contributed by atoms with E-state index in [0.717, 1.165) is 13.1 Å². The standard InChI is InChI=1S/C29H32N6/c1-34-25-12-9-19(17-24(25)32-28(34)22-6-3-4-14-30-22)18-8-11-21-20(16-18)10-13-26-27(21)33-29(35(26)2)23-7-5-15-31-23/h8-13,16-17,22-23,30-31H,3-7,14-15H2,1-2H3/p+2. The molecule has 2 aromatic heterocycles. The summed E-state index contributed by atoms with van der Waals surface area (Å²) in [5.41, 5.74) is 7.45. The number of benzene rings is 3. The van der Waals surface area contributed by atoms with Gasteiger partial charge in [0.25, 0.3) is 11.6 Å². The van der Waals surface area contributed by atoms with Gasteiger partial charge in [0.05, 0.1) is 14.1 Å². The molecule has 0 saturated carbocycles. The van der Waals surface area contributed by atoms with E-state index in [2.05, 4.69) is 92.4 Å². The first-order valence-corrected chi connectivity index (χ1v) is 13.1. The third-order valence-electron chi connectivity index (χ3n) is 8.32. The zero-order chi connectivity index (χ0) is 23.5. The highest BCUT2D eigenvalue weighted by Gasteiger charge is 2.29. The molecule has 0 amide bonds. The molecule has 2 atom stereocenters. The van der Waals surface area contributed by atoms with Gasteiger partial charge in [-0.15, -0.1) is 0 Å². The number of aromatic nitrogens is 4. The third kappa shape index (κ3) is 3.39. The normalized spacial score (nSPS) is 21.0. The molecule has 35 heavy (non-hydrogen) atoms. The topological polar surface area (TPSA) is 63.4 Å². The molecule has 6 nitrogen and oxygen atoms in total. The number of rotatable bonds is 3. The zero-order valence-corrected chi connectivity index (χ0v) is 20.6. The summed E-state index contributed by atoms with van der Waals surface area (Å²) in [4.78, 5) is 7.49. The van der Waals surface area contributed by atoms with E-state index in [9.17, 15) is 0 Å². The summed E-state index contributed by atoms with van der Waals surface area (Å²) < 4.78 is 4.64. The maximum Gasteiger partial charge on any atom is 0.272 e. The van der Waals surface area contributed by atoms with Gasteiger partial charge < -0.3 is 10.6 Å². The summed E-state index contributed by atoms with van der Waals surface area (Å²) in [6, 6.07) is 19.1. The minimum Gasteiger partial charge on any atom is -0.304 e.